The topological polar surface area (TPSA) is 41.3 Å². The van der Waals surface area contributed by atoms with Gasteiger partial charge in [0.1, 0.15) is 0 Å². The molecule has 1 aromatic carbocycles. The third kappa shape index (κ3) is 3.72. The highest BCUT2D eigenvalue weighted by molar-refractivity contribution is 6.42. The summed E-state index contributed by atoms with van der Waals surface area (Å²) >= 11 is 12.1. The molecule has 1 saturated heterocycles. The summed E-state index contributed by atoms with van der Waals surface area (Å²) in [5.41, 5.74) is 4.25. The molecule has 0 saturated carbocycles. The minimum Gasteiger partial charge on any atom is -0.296 e. The molecular formula is C16H25Cl2N3. The van der Waals surface area contributed by atoms with Gasteiger partial charge in [0.25, 0.3) is 0 Å². The average molecular weight is 330 g/mol. The van der Waals surface area contributed by atoms with Crippen LogP contribution in [0.25, 0.3) is 0 Å². The van der Waals surface area contributed by atoms with Crippen molar-refractivity contribution in [3.8, 4) is 0 Å². The summed E-state index contributed by atoms with van der Waals surface area (Å²) in [5.74, 6) is 5.88. The summed E-state index contributed by atoms with van der Waals surface area (Å²) in [7, 11) is 0. The van der Waals surface area contributed by atoms with Crippen LogP contribution in [0.3, 0.4) is 0 Å². The lowest BCUT2D eigenvalue weighted by Crippen LogP contribution is -2.61. The second kappa shape index (κ2) is 7.30. The molecular weight excluding hydrogens is 305 g/mol. The van der Waals surface area contributed by atoms with Crippen molar-refractivity contribution in [3.63, 3.8) is 0 Å². The summed E-state index contributed by atoms with van der Waals surface area (Å²) in [6.45, 7) is 6.85. The number of hydrazine groups is 1. The molecule has 1 aromatic rings. The van der Waals surface area contributed by atoms with Gasteiger partial charge in [-0.15, -0.1) is 0 Å². The SMILES string of the molecule is CCC(C)(C(Cc1ccc(Cl)c(Cl)c1)NN)N1CCCC1. The van der Waals surface area contributed by atoms with Crippen molar-refractivity contribution in [3.05, 3.63) is 33.8 Å². The predicted molar refractivity (Wildman–Crippen MR) is 90.8 cm³/mol. The Morgan fingerprint density at radius 2 is 1.95 bits per heavy atom. The zero-order chi connectivity index (χ0) is 15.5. The molecule has 2 rings (SSSR count). The maximum Gasteiger partial charge on any atom is 0.0595 e. The Bertz CT molecular complexity index is 475. The largest absolute Gasteiger partial charge is 0.296 e. The molecule has 0 bridgehead atoms. The maximum atomic E-state index is 6.12. The van der Waals surface area contributed by atoms with Crippen LogP contribution in [0.1, 0.15) is 38.7 Å². The number of nitrogens with one attached hydrogen (secondary N) is 1. The minimum absolute atomic E-state index is 0.0529. The fourth-order valence-electron chi connectivity index (χ4n) is 3.28. The van der Waals surface area contributed by atoms with Crippen LogP contribution in [-0.2, 0) is 6.42 Å². The lowest BCUT2D eigenvalue weighted by Gasteiger charge is -2.44. The van der Waals surface area contributed by atoms with E-state index in [2.05, 4.69) is 24.2 Å². The number of hydrogen-bond donors (Lipinski definition) is 2. The van der Waals surface area contributed by atoms with E-state index in [0.717, 1.165) is 31.5 Å². The van der Waals surface area contributed by atoms with Gasteiger partial charge in [0.15, 0.2) is 0 Å². The molecule has 5 heteroatoms. The fourth-order valence-corrected chi connectivity index (χ4v) is 3.60. The van der Waals surface area contributed by atoms with E-state index in [0.29, 0.717) is 10.0 Å². The van der Waals surface area contributed by atoms with Gasteiger partial charge in [0, 0.05) is 11.6 Å². The lowest BCUT2D eigenvalue weighted by atomic mass is 9.84. The molecule has 2 unspecified atom stereocenters. The number of rotatable bonds is 6. The van der Waals surface area contributed by atoms with Crippen LogP contribution >= 0.6 is 23.2 Å². The molecule has 21 heavy (non-hydrogen) atoms. The van der Waals surface area contributed by atoms with Gasteiger partial charge in [0.05, 0.1) is 10.0 Å². The molecule has 1 aliphatic heterocycles. The summed E-state index contributed by atoms with van der Waals surface area (Å²) in [6, 6.07) is 6.00. The highest BCUT2D eigenvalue weighted by atomic mass is 35.5. The summed E-state index contributed by atoms with van der Waals surface area (Å²) < 4.78 is 0. The summed E-state index contributed by atoms with van der Waals surface area (Å²) in [4.78, 5) is 2.56. The number of likely N-dealkylation sites (tertiary alicyclic amines) is 1. The first kappa shape index (κ1) is 17.0. The second-order valence-corrected chi connectivity index (χ2v) is 6.89. The van der Waals surface area contributed by atoms with Crippen LogP contribution in [0.5, 0.6) is 0 Å². The zero-order valence-corrected chi connectivity index (χ0v) is 14.3. The predicted octanol–water partition coefficient (Wildman–Crippen LogP) is 3.63. The number of halogens is 2. The van der Waals surface area contributed by atoms with E-state index >= 15 is 0 Å². The molecule has 0 aliphatic carbocycles. The molecule has 0 aromatic heterocycles. The number of benzene rings is 1. The molecule has 1 heterocycles. The van der Waals surface area contributed by atoms with Crippen LogP contribution in [0.15, 0.2) is 18.2 Å². The van der Waals surface area contributed by atoms with E-state index in [9.17, 15) is 0 Å². The lowest BCUT2D eigenvalue weighted by molar-refractivity contribution is 0.0841. The first-order valence-corrected chi connectivity index (χ1v) is 8.42. The first-order chi connectivity index (χ1) is 10.0. The Hall–Kier alpha value is -0.320. The third-order valence-corrected chi connectivity index (χ3v) is 5.66. The smallest absolute Gasteiger partial charge is 0.0595 e. The van der Waals surface area contributed by atoms with Crippen LogP contribution in [-0.4, -0.2) is 29.6 Å². The van der Waals surface area contributed by atoms with Gasteiger partial charge < -0.3 is 0 Å². The summed E-state index contributed by atoms with van der Waals surface area (Å²) in [5, 5.41) is 1.19. The van der Waals surface area contributed by atoms with Crippen LogP contribution in [0.2, 0.25) is 10.0 Å². The van der Waals surface area contributed by atoms with E-state index in [1.165, 1.54) is 12.8 Å². The molecule has 118 valence electrons. The highest BCUT2D eigenvalue weighted by Crippen LogP contribution is 2.30. The Morgan fingerprint density at radius 3 is 2.48 bits per heavy atom. The van der Waals surface area contributed by atoms with Crippen LogP contribution in [0, 0.1) is 0 Å². The van der Waals surface area contributed by atoms with Gasteiger partial charge in [-0.3, -0.25) is 16.2 Å². The second-order valence-electron chi connectivity index (χ2n) is 6.08. The van der Waals surface area contributed by atoms with Crippen molar-refractivity contribution >= 4 is 23.2 Å². The van der Waals surface area contributed by atoms with E-state index in [4.69, 9.17) is 29.0 Å². The van der Waals surface area contributed by atoms with E-state index in [-0.39, 0.29) is 11.6 Å². The Kier molecular flexibility index (Phi) is 5.92. The molecule has 2 atom stereocenters. The van der Waals surface area contributed by atoms with Gasteiger partial charge in [-0.25, -0.2) is 0 Å². The van der Waals surface area contributed by atoms with Gasteiger partial charge in [-0.2, -0.15) is 0 Å². The normalized spacial score (nSPS) is 20.4. The molecule has 0 spiro atoms. The van der Waals surface area contributed by atoms with Gasteiger partial charge in [-0.05, 0) is 63.4 Å². The van der Waals surface area contributed by atoms with Crippen LogP contribution in [0.4, 0.5) is 0 Å². The Morgan fingerprint density at radius 1 is 1.29 bits per heavy atom. The summed E-state index contributed by atoms with van der Waals surface area (Å²) in [6.07, 6.45) is 4.46. The maximum absolute atomic E-state index is 6.12. The van der Waals surface area contributed by atoms with Gasteiger partial charge in [0.2, 0.25) is 0 Å². The van der Waals surface area contributed by atoms with Crippen molar-refractivity contribution in [2.45, 2.75) is 51.1 Å². The molecule has 0 radical (unpaired) electrons. The number of nitrogens with two attached hydrogens (primary N) is 1. The molecule has 1 aliphatic rings. The Balaban J connectivity index is 2.18. The average Bonchev–Trinajstić information content (AvgIpc) is 3.02. The number of hydrogen-bond acceptors (Lipinski definition) is 3. The van der Waals surface area contributed by atoms with Gasteiger partial charge >= 0.3 is 0 Å². The van der Waals surface area contributed by atoms with Crippen molar-refractivity contribution in [2.75, 3.05) is 13.1 Å². The molecule has 0 amide bonds. The minimum atomic E-state index is 0.0529. The van der Waals surface area contributed by atoms with Crippen molar-refractivity contribution < 1.29 is 0 Å². The van der Waals surface area contributed by atoms with E-state index in [1.54, 1.807) is 0 Å². The van der Waals surface area contributed by atoms with Crippen molar-refractivity contribution in [1.82, 2.24) is 10.3 Å². The van der Waals surface area contributed by atoms with Crippen molar-refractivity contribution in [1.29, 1.82) is 0 Å². The quantitative estimate of drug-likeness (QED) is 0.618. The zero-order valence-electron chi connectivity index (χ0n) is 12.8. The first-order valence-electron chi connectivity index (χ1n) is 7.66. The third-order valence-electron chi connectivity index (χ3n) is 4.92. The molecule has 3 nitrogen and oxygen atoms in total. The fraction of sp³-hybridized carbons (Fsp3) is 0.625. The monoisotopic (exact) mass is 329 g/mol. The van der Waals surface area contributed by atoms with Crippen LogP contribution < -0.4 is 11.3 Å². The highest BCUT2D eigenvalue weighted by Gasteiger charge is 2.38. The molecule has 3 N–H and O–H groups in total. The molecule has 1 fully saturated rings. The standard InChI is InChI=1S/C16H25Cl2N3/c1-3-16(2,21-8-4-5-9-21)15(20-19)11-12-6-7-13(17)14(18)10-12/h6-7,10,15,20H,3-5,8-9,11,19H2,1-2H3. The van der Waals surface area contributed by atoms with Gasteiger partial charge in [-0.1, -0.05) is 36.2 Å². The van der Waals surface area contributed by atoms with Crippen molar-refractivity contribution in [2.24, 2.45) is 5.84 Å². The number of nitrogens with zero attached hydrogens (tertiary/aromatic N) is 1. The van der Waals surface area contributed by atoms with E-state index in [1.807, 2.05) is 18.2 Å². The van der Waals surface area contributed by atoms with E-state index < -0.39 is 0 Å². The Labute approximate surface area is 137 Å².